The van der Waals surface area contributed by atoms with E-state index in [2.05, 4.69) is 10.3 Å². The first-order valence-corrected chi connectivity index (χ1v) is 6.55. The lowest BCUT2D eigenvalue weighted by Crippen LogP contribution is -2.35. The highest BCUT2D eigenvalue weighted by Crippen LogP contribution is 2.13. The Balaban J connectivity index is 1.84. The first kappa shape index (κ1) is 14.1. The van der Waals surface area contributed by atoms with Gasteiger partial charge in [-0.3, -0.25) is 9.78 Å². The Labute approximate surface area is 118 Å². The molecule has 1 aromatic carbocycles. The maximum atomic E-state index is 11.9. The molecule has 1 aromatic heterocycles. The second-order valence-electron chi connectivity index (χ2n) is 4.65. The van der Waals surface area contributed by atoms with E-state index < -0.39 is 6.10 Å². The van der Waals surface area contributed by atoms with Crippen molar-refractivity contribution in [3.05, 3.63) is 59.9 Å². The van der Waals surface area contributed by atoms with Crippen LogP contribution in [0.25, 0.3) is 0 Å². The predicted molar refractivity (Wildman–Crippen MR) is 77.4 cm³/mol. The molecule has 1 N–H and O–H groups in total. The molecule has 2 aromatic rings. The highest BCUT2D eigenvalue weighted by molar-refractivity contribution is 5.80. The molecule has 0 saturated carbocycles. The van der Waals surface area contributed by atoms with Gasteiger partial charge in [-0.25, -0.2) is 0 Å². The van der Waals surface area contributed by atoms with Gasteiger partial charge in [0, 0.05) is 18.9 Å². The van der Waals surface area contributed by atoms with Crippen molar-refractivity contribution < 1.29 is 9.53 Å². The van der Waals surface area contributed by atoms with Gasteiger partial charge >= 0.3 is 0 Å². The second kappa shape index (κ2) is 6.70. The highest BCUT2D eigenvalue weighted by atomic mass is 16.5. The summed E-state index contributed by atoms with van der Waals surface area (Å²) in [5.41, 5.74) is 2.12. The molecule has 0 fully saturated rings. The first-order chi connectivity index (χ1) is 9.65. The quantitative estimate of drug-likeness (QED) is 0.908. The summed E-state index contributed by atoms with van der Waals surface area (Å²) in [6, 6.07) is 11.4. The number of hydrogen-bond acceptors (Lipinski definition) is 3. The third-order valence-electron chi connectivity index (χ3n) is 2.89. The van der Waals surface area contributed by atoms with Crippen LogP contribution in [0.15, 0.2) is 48.8 Å². The molecule has 2 rings (SSSR count). The van der Waals surface area contributed by atoms with Gasteiger partial charge in [0.1, 0.15) is 5.75 Å². The van der Waals surface area contributed by atoms with Gasteiger partial charge in [0.05, 0.1) is 0 Å². The molecule has 1 heterocycles. The zero-order valence-corrected chi connectivity index (χ0v) is 11.7. The third-order valence-corrected chi connectivity index (χ3v) is 2.89. The summed E-state index contributed by atoms with van der Waals surface area (Å²) >= 11 is 0. The van der Waals surface area contributed by atoms with Gasteiger partial charge in [0.15, 0.2) is 6.10 Å². The molecule has 0 spiro atoms. The fourth-order valence-electron chi connectivity index (χ4n) is 1.71. The van der Waals surface area contributed by atoms with Crippen LogP contribution < -0.4 is 10.1 Å². The fourth-order valence-corrected chi connectivity index (χ4v) is 1.71. The average Bonchev–Trinajstić information content (AvgIpc) is 2.48. The molecule has 1 atom stereocenters. The molecule has 0 unspecified atom stereocenters. The standard InChI is InChI=1S/C16H18N2O2/c1-12-5-7-15(8-6-12)20-13(2)16(19)18-11-14-4-3-9-17-10-14/h3-10,13H,11H2,1-2H3,(H,18,19)/t13-/m1/s1. The molecular weight excluding hydrogens is 252 g/mol. The Morgan fingerprint density at radius 3 is 2.70 bits per heavy atom. The van der Waals surface area contributed by atoms with Gasteiger partial charge in [0.25, 0.3) is 5.91 Å². The van der Waals surface area contributed by atoms with Gasteiger partial charge in [-0.2, -0.15) is 0 Å². The third kappa shape index (κ3) is 4.09. The van der Waals surface area contributed by atoms with Gasteiger partial charge in [-0.05, 0) is 37.6 Å². The Morgan fingerprint density at radius 2 is 2.05 bits per heavy atom. The van der Waals surface area contributed by atoms with Crippen molar-refractivity contribution in [2.75, 3.05) is 0 Å². The van der Waals surface area contributed by atoms with E-state index in [9.17, 15) is 4.79 Å². The van der Waals surface area contributed by atoms with E-state index in [4.69, 9.17) is 4.74 Å². The lowest BCUT2D eigenvalue weighted by molar-refractivity contribution is -0.127. The van der Waals surface area contributed by atoms with Crippen LogP contribution in [-0.4, -0.2) is 17.0 Å². The molecule has 0 radical (unpaired) electrons. The zero-order valence-electron chi connectivity index (χ0n) is 11.7. The van der Waals surface area contributed by atoms with Crippen LogP contribution in [0, 0.1) is 6.92 Å². The average molecular weight is 270 g/mol. The number of ether oxygens (including phenoxy) is 1. The predicted octanol–water partition coefficient (Wildman–Crippen LogP) is 2.47. The minimum Gasteiger partial charge on any atom is -0.481 e. The molecular formula is C16H18N2O2. The van der Waals surface area contributed by atoms with E-state index in [1.54, 1.807) is 19.3 Å². The number of carbonyl (C=O) groups is 1. The van der Waals surface area contributed by atoms with E-state index in [0.717, 1.165) is 11.1 Å². The van der Waals surface area contributed by atoms with E-state index in [1.807, 2.05) is 43.3 Å². The molecule has 0 saturated heterocycles. The van der Waals surface area contributed by atoms with Crippen molar-refractivity contribution in [1.29, 1.82) is 0 Å². The summed E-state index contributed by atoms with van der Waals surface area (Å²) in [6.07, 6.45) is 2.90. The minimum absolute atomic E-state index is 0.144. The number of rotatable bonds is 5. The van der Waals surface area contributed by atoms with E-state index in [-0.39, 0.29) is 5.91 Å². The summed E-state index contributed by atoms with van der Waals surface area (Å²) in [6.45, 7) is 4.19. The summed E-state index contributed by atoms with van der Waals surface area (Å²) < 4.78 is 5.59. The van der Waals surface area contributed by atoms with Crippen molar-refractivity contribution in [2.45, 2.75) is 26.5 Å². The number of hydrogen-bond donors (Lipinski definition) is 1. The molecule has 0 aliphatic carbocycles. The van der Waals surface area contributed by atoms with Crippen LogP contribution in [0.1, 0.15) is 18.1 Å². The van der Waals surface area contributed by atoms with Crippen molar-refractivity contribution >= 4 is 5.91 Å². The van der Waals surface area contributed by atoms with Crippen LogP contribution in [0.2, 0.25) is 0 Å². The summed E-state index contributed by atoms with van der Waals surface area (Å²) in [5.74, 6) is 0.550. The molecule has 4 heteroatoms. The topological polar surface area (TPSA) is 51.2 Å². The van der Waals surface area contributed by atoms with Crippen molar-refractivity contribution in [3.8, 4) is 5.75 Å². The Kier molecular flexibility index (Phi) is 4.71. The van der Waals surface area contributed by atoms with Crippen LogP contribution in [0.5, 0.6) is 5.75 Å². The van der Waals surface area contributed by atoms with E-state index in [1.165, 1.54) is 0 Å². The smallest absolute Gasteiger partial charge is 0.261 e. The molecule has 0 bridgehead atoms. The Morgan fingerprint density at radius 1 is 1.30 bits per heavy atom. The van der Waals surface area contributed by atoms with Crippen LogP contribution in [-0.2, 0) is 11.3 Å². The Bertz CT molecular complexity index is 552. The molecule has 0 aliphatic heterocycles. The lowest BCUT2D eigenvalue weighted by atomic mass is 10.2. The summed E-state index contributed by atoms with van der Waals surface area (Å²) in [4.78, 5) is 15.9. The monoisotopic (exact) mass is 270 g/mol. The van der Waals surface area contributed by atoms with E-state index >= 15 is 0 Å². The van der Waals surface area contributed by atoms with Crippen LogP contribution in [0.4, 0.5) is 0 Å². The molecule has 20 heavy (non-hydrogen) atoms. The maximum Gasteiger partial charge on any atom is 0.261 e. The van der Waals surface area contributed by atoms with Gasteiger partial charge < -0.3 is 10.1 Å². The van der Waals surface area contributed by atoms with Crippen molar-refractivity contribution in [1.82, 2.24) is 10.3 Å². The summed E-state index contributed by atoms with van der Waals surface area (Å²) in [7, 11) is 0. The summed E-state index contributed by atoms with van der Waals surface area (Å²) in [5, 5.41) is 2.83. The van der Waals surface area contributed by atoms with Crippen LogP contribution >= 0.6 is 0 Å². The lowest BCUT2D eigenvalue weighted by Gasteiger charge is -2.14. The van der Waals surface area contributed by atoms with E-state index in [0.29, 0.717) is 12.3 Å². The normalized spacial score (nSPS) is 11.7. The highest BCUT2D eigenvalue weighted by Gasteiger charge is 2.14. The SMILES string of the molecule is Cc1ccc(O[C@H](C)C(=O)NCc2cccnc2)cc1. The number of carbonyl (C=O) groups excluding carboxylic acids is 1. The van der Waals surface area contributed by atoms with Gasteiger partial charge in [0.2, 0.25) is 0 Å². The molecule has 1 amide bonds. The number of pyridine rings is 1. The van der Waals surface area contributed by atoms with Gasteiger partial charge in [-0.15, -0.1) is 0 Å². The number of nitrogens with zero attached hydrogens (tertiary/aromatic N) is 1. The molecule has 4 nitrogen and oxygen atoms in total. The number of amides is 1. The molecule has 0 aliphatic rings. The number of benzene rings is 1. The van der Waals surface area contributed by atoms with Crippen LogP contribution in [0.3, 0.4) is 0 Å². The first-order valence-electron chi connectivity index (χ1n) is 6.55. The second-order valence-corrected chi connectivity index (χ2v) is 4.65. The largest absolute Gasteiger partial charge is 0.481 e. The number of aromatic nitrogens is 1. The maximum absolute atomic E-state index is 11.9. The fraction of sp³-hybridized carbons (Fsp3) is 0.250. The van der Waals surface area contributed by atoms with Crippen molar-refractivity contribution in [2.24, 2.45) is 0 Å². The minimum atomic E-state index is -0.533. The Hall–Kier alpha value is -2.36. The number of aryl methyl sites for hydroxylation is 1. The number of nitrogens with one attached hydrogen (secondary N) is 1. The van der Waals surface area contributed by atoms with Crippen molar-refractivity contribution in [3.63, 3.8) is 0 Å². The molecule has 104 valence electrons. The van der Waals surface area contributed by atoms with Gasteiger partial charge in [-0.1, -0.05) is 23.8 Å². The zero-order chi connectivity index (χ0) is 14.4.